The van der Waals surface area contributed by atoms with E-state index in [4.69, 9.17) is 4.74 Å². The fraction of sp³-hybridized carbons (Fsp3) is 0.280. The minimum Gasteiger partial charge on any atom is -0.449 e. The van der Waals surface area contributed by atoms with E-state index < -0.39 is 38.7 Å². The van der Waals surface area contributed by atoms with Gasteiger partial charge in [-0.3, -0.25) is 4.79 Å². The van der Waals surface area contributed by atoms with Crippen molar-refractivity contribution in [3.8, 4) is 0 Å². The van der Waals surface area contributed by atoms with Crippen LogP contribution in [0.3, 0.4) is 0 Å². The molecule has 0 aromatic heterocycles. The average Bonchev–Trinajstić information content (AvgIpc) is 2.84. The number of rotatable bonds is 6. The summed E-state index contributed by atoms with van der Waals surface area (Å²) in [5, 5.41) is 4.66. The van der Waals surface area contributed by atoms with E-state index in [-0.39, 0.29) is 5.56 Å². The van der Waals surface area contributed by atoms with Gasteiger partial charge in [0.2, 0.25) is 10.0 Å². The van der Waals surface area contributed by atoms with Crippen LogP contribution in [0.15, 0.2) is 65.6 Å². The molecule has 3 aromatic rings. The lowest BCUT2D eigenvalue weighted by atomic mass is 10.1. The number of amides is 1. The second-order valence-electron chi connectivity index (χ2n) is 8.21. The largest absolute Gasteiger partial charge is 0.449 e. The number of anilines is 1. The maximum absolute atomic E-state index is 14.4. The SMILES string of the molecule is CC(OC(=O)c1ccc(F)c(S(=O)(=O)N2CCCCC2)c1)C(=O)Nc1ccc2ccccc2c1. The average molecular weight is 485 g/mol. The fourth-order valence-corrected chi connectivity index (χ4v) is 5.47. The molecule has 0 aliphatic carbocycles. The molecule has 3 aromatic carbocycles. The Morgan fingerprint density at radius 2 is 1.68 bits per heavy atom. The zero-order chi connectivity index (χ0) is 24.3. The fourth-order valence-electron chi connectivity index (χ4n) is 3.87. The van der Waals surface area contributed by atoms with Crippen LogP contribution in [0.1, 0.15) is 36.5 Å². The van der Waals surface area contributed by atoms with Gasteiger partial charge < -0.3 is 10.1 Å². The van der Waals surface area contributed by atoms with Crippen molar-refractivity contribution in [3.63, 3.8) is 0 Å². The van der Waals surface area contributed by atoms with E-state index in [2.05, 4.69) is 5.32 Å². The predicted octanol–water partition coefficient (Wildman–Crippen LogP) is 4.34. The molecule has 1 aliphatic rings. The summed E-state index contributed by atoms with van der Waals surface area (Å²) in [6, 6.07) is 16.1. The number of hydrogen-bond acceptors (Lipinski definition) is 5. The minimum absolute atomic E-state index is 0.151. The van der Waals surface area contributed by atoms with E-state index in [0.29, 0.717) is 31.6 Å². The highest BCUT2D eigenvalue weighted by atomic mass is 32.2. The van der Waals surface area contributed by atoms with Crippen molar-refractivity contribution in [2.45, 2.75) is 37.2 Å². The summed E-state index contributed by atoms with van der Waals surface area (Å²) in [6.07, 6.45) is 1.16. The van der Waals surface area contributed by atoms with Crippen molar-refractivity contribution in [1.82, 2.24) is 4.31 Å². The van der Waals surface area contributed by atoms with Crippen LogP contribution in [0.4, 0.5) is 10.1 Å². The first-order valence-electron chi connectivity index (χ1n) is 11.1. The number of benzene rings is 3. The number of fused-ring (bicyclic) bond motifs is 1. The minimum atomic E-state index is -4.08. The van der Waals surface area contributed by atoms with Gasteiger partial charge in [-0.1, -0.05) is 36.8 Å². The highest BCUT2D eigenvalue weighted by molar-refractivity contribution is 7.89. The molecule has 1 N–H and O–H groups in total. The first-order chi connectivity index (χ1) is 16.3. The molecule has 1 aliphatic heterocycles. The van der Waals surface area contributed by atoms with E-state index in [0.717, 1.165) is 35.4 Å². The molecule has 0 radical (unpaired) electrons. The third-order valence-corrected chi connectivity index (χ3v) is 7.68. The summed E-state index contributed by atoms with van der Waals surface area (Å²) in [5.41, 5.74) is 0.394. The number of carbonyl (C=O) groups is 2. The van der Waals surface area contributed by atoms with E-state index in [9.17, 15) is 22.4 Å². The van der Waals surface area contributed by atoms with Gasteiger partial charge in [0.15, 0.2) is 6.10 Å². The van der Waals surface area contributed by atoms with Gasteiger partial charge >= 0.3 is 5.97 Å². The molecule has 34 heavy (non-hydrogen) atoms. The Morgan fingerprint density at radius 3 is 2.41 bits per heavy atom. The zero-order valence-corrected chi connectivity index (χ0v) is 19.5. The zero-order valence-electron chi connectivity index (χ0n) is 18.7. The third kappa shape index (κ3) is 5.10. The number of esters is 1. The van der Waals surface area contributed by atoms with E-state index >= 15 is 0 Å². The van der Waals surface area contributed by atoms with Gasteiger partial charge in [-0.05, 0) is 60.9 Å². The van der Waals surface area contributed by atoms with Gasteiger partial charge in [-0.15, -0.1) is 0 Å². The van der Waals surface area contributed by atoms with Crippen LogP contribution in [0.25, 0.3) is 10.8 Å². The monoisotopic (exact) mass is 484 g/mol. The van der Waals surface area contributed by atoms with Gasteiger partial charge in [0.1, 0.15) is 10.7 Å². The second-order valence-corrected chi connectivity index (χ2v) is 10.1. The highest BCUT2D eigenvalue weighted by Crippen LogP contribution is 2.25. The summed E-state index contributed by atoms with van der Waals surface area (Å²) < 4.78 is 46.6. The Balaban J connectivity index is 1.46. The molecule has 7 nitrogen and oxygen atoms in total. The van der Waals surface area contributed by atoms with Crippen molar-refractivity contribution in [3.05, 3.63) is 72.0 Å². The van der Waals surface area contributed by atoms with Crippen molar-refractivity contribution < 1.29 is 27.1 Å². The number of nitrogens with one attached hydrogen (secondary N) is 1. The Hall–Kier alpha value is -3.30. The van der Waals surface area contributed by atoms with Crippen molar-refractivity contribution >= 4 is 38.4 Å². The van der Waals surface area contributed by atoms with Crippen molar-refractivity contribution in [2.75, 3.05) is 18.4 Å². The van der Waals surface area contributed by atoms with Crippen molar-refractivity contribution in [2.24, 2.45) is 0 Å². The molecule has 1 saturated heterocycles. The Bertz CT molecular complexity index is 1340. The molecule has 0 spiro atoms. The quantitative estimate of drug-likeness (QED) is 0.526. The van der Waals surface area contributed by atoms with Crippen LogP contribution in [0.5, 0.6) is 0 Å². The number of ether oxygens (including phenoxy) is 1. The normalized spacial score (nSPS) is 15.6. The molecule has 0 bridgehead atoms. The topological polar surface area (TPSA) is 92.8 Å². The summed E-state index contributed by atoms with van der Waals surface area (Å²) in [4.78, 5) is 24.6. The molecule has 178 valence electrons. The van der Waals surface area contributed by atoms with Crippen LogP contribution in [-0.2, 0) is 19.6 Å². The molecule has 1 unspecified atom stereocenters. The number of nitrogens with zero attached hydrogens (tertiary/aromatic N) is 1. The van der Waals surface area contributed by atoms with Crippen LogP contribution in [-0.4, -0.2) is 43.8 Å². The van der Waals surface area contributed by atoms with E-state index in [1.54, 1.807) is 12.1 Å². The Labute approximate surface area is 197 Å². The Morgan fingerprint density at radius 1 is 0.971 bits per heavy atom. The summed E-state index contributed by atoms with van der Waals surface area (Å²) in [7, 11) is -4.08. The number of carbonyl (C=O) groups excluding carboxylic acids is 2. The lowest BCUT2D eigenvalue weighted by molar-refractivity contribution is -0.123. The summed E-state index contributed by atoms with van der Waals surface area (Å²) >= 11 is 0. The number of halogens is 1. The van der Waals surface area contributed by atoms with Crippen LogP contribution in [0, 0.1) is 5.82 Å². The molecular weight excluding hydrogens is 459 g/mol. The molecular formula is C25H25FN2O5S. The third-order valence-electron chi connectivity index (χ3n) is 5.77. The maximum Gasteiger partial charge on any atom is 0.338 e. The molecule has 1 heterocycles. The number of sulfonamides is 1. The van der Waals surface area contributed by atoms with Gasteiger partial charge in [0.05, 0.1) is 5.56 Å². The Kier molecular flexibility index (Phi) is 6.95. The number of piperidine rings is 1. The lowest BCUT2D eigenvalue weighted by Crippen LogP contribution is -2.36. The molecule has 1 fully saturated rings. The van der Waals surface area contributed by atoms with Crippen molar-refractivity contribution in [1.29, 1.82) is 0 Å². The van der Waals surface area contributed by atoms with Crippen LogP contribution >= 0.6 is 0 Å². The van der Waals surface area contributed by atoms with Crippen LogP contribution in [0.2, 0.25) is 0 Å². The van der Waals surface area contributed by atoms with Crippen LogP contribution < -0.4 is 5.32 Å². The first kappa shape index (κ1) is 23.8. The van der Waals surface area contributed by atoms with E-state index in [1.807, 2.05) is 30.3 Å². The van der Waals surface area contributed by atoms with Gasteiger partial charge in [0.25, 0.3) is 5.91 Å². The maximum atomic E-state index is 14.4. The summed E-state index contributed by atoms with van der Waals surface area (Å²) in [6.45, 7) is 2.02. The molecule has 1 amide bonds. The number of hydrogen-bond donors (Lipinski definition) is 1. The molecule has 0 saturated carbocycles. The molecule has 4 rings (SSSR count). The van der Waals surface area contributed by atoms with Gasteiger partial charge in [-0.2, -0.15) is 4.31 Å². The molecule has 1 atom stereocenters. The van der Waals surface area contributed by atoms with Gasteiger partial charge in [-0.25, -0.2) is 17.6 Å². The lowest BCUT2D eigenvalue weighted by Gasteiger charge is -2.26. The smallest absolute Gasteiger partial charge is 0.338 e. The predicted molar refractivity (Wildman–Crippen MR) is 126 cm³/mol. The van der Waals surface area contributed by atoms with E-state index in [1.165, 1.54) is 11.2 Å². The summed E-state index contributed by atoms with van der Waals surface area (Å²) in [5.74, 6) is -2.41. The molecule has 9 heteroatoms. The standard InChI is InChI=1S/C25H25FN2O5S/c1-17(24(29)27-21-11-9-18-7-3-4-8-19(18)15-21)33-25(30)20-10-12-22(26)23(16-20)34(31,32)28-13-5-2-6-14-28/h3-4,7-12,15-17H,2,5-6,13-14H2,1H3,(H,27,29). The second kappa shape index (κ2) is 9.90. The highest BCUT2D eigenvalue weighted by Gasteiger charge is 2.30. The van der Waals surface area contributed by atoms with Gasteiger partial charge in [0, 0.05) is 18.8 Å². The first-order valence-corrected chi connectivity index (χ1v) is 12.5.